The first-order chi connectivity index (χ1) is 9.58. The fourth-order valence-electron chi connectivity index (χ4n) is 1.76. The fourth-order valence-corrected chi connectivity index (χ4v) is 1.76. The first-order valence-corrected chi connectivity index (χ1v) is 5.98. The van der Waals surface area contributed by atoms with Gasteiger partial charge in [-0.05, 0) is 35.9 Å². The number of hydrogen-bond acceptors (Lipinski definition) is 3. The van der Waals surface area contributed by atoms with Crippen LogP contribution in [-0.2, 0) is 0 Å². The number of anilines is 1. The number of aromatic carboxylic acids is 1. The number of para-hydroxylation sites is 1. The van der Waals surface area contributed by atoms with Gasteiger partial charge in [-0.25, -0.2) is 4.79 Å². The van der Waals surface area contributed by atoms with E-state index in [-0.39, 0.29) is 11.3 Å². The molecule has 0 saturated carbocycles. The van der Waals surface area contributed by atoms with Crippen LogP contribution in [-0.4, -0.2) is 16.9 Å². The van der Waals surface area contributed by atoms with E-state index in [9.17, 15) is 9.59 Å². The SMILES string of the molecule is Nc1ccccc1C(=O)/C=C/c1cccc(C(=O)O)c1. The molecule has 100 valence electrons. The number of ketones is 1. The normalized spacial score (nSPS) is 10.6. The molecule has 2 aromatic rings. The van der Waals surface area contributed by atoms with Crippen molar-refractivity contribution in [2.75, 3.05) is 5.73 Å². The van der Waals surface area contributed by atoms with E-state index in [0.717, 1.165) is 0 Å². The smallest absolute Gasteiger partial charge is 0.335 e. The third-order valence-corrected chi connectivity index (χ3v) is 2.79. The van der Waals surface area contributed by atoms with Crippen molar-refractivity contribution in [3.8, 4) is 0 Å². The molecule has 0 aliphatic heterocycles. The molecule has 0 saturated heterocycles. The molecule has 0 spiro atoms. The number of allylic oxidation sites excluding steroid dienone is 1. The van der Waals surface area contributed by atoms with E-state index in [1.165, 1.54) is 18.2 Å². The summed E-state index contributed by atoms with van der Waals surface area (Å²) in [6, 6.07) is 13.2. The van der Waals surface area contributed by atoms with E-state index >= 15 is 0 Å². The number of hydrogen-bond donors (Lipinski definition) is 2. The Labute approximate surface area is 116 Å². The van der Waals surface area contributed by atoms with E-state index in [2.05, 4.69) is 0 Å². The van der Waals surface area contributed by atoms with Crippen molar-refractivity contribution in [3.05, 3.63) is 71.3 Å². The fraction of sp³-hybridized carbons (Fsp3) is 0. The Kier molecular flexibility index (Phi) is 3.96. The van der Waals surface area contributed by atoms with Gasteiger partial charge in [0.25, 0.3) is 0 Å². The summed E-state index contributed by atoms with van der Waals surface area (Å²) in [7, 11) is 0. The molecule has 0 radical (unpaired) electrons. The summed E-state index contributed by atoms with van der Waals surface area (Å²) in [5, 5.41) is 8.89. The van der Waals surface area contributed by atoms with E-state index in [1.807, 2.05) is 0 Å². The third kappa shape index (κ3) is 3.11. The van der Waals surface area contributed by atoms with Gasteiger partial charge in [0.2, 0.25) is 0 Å². The van der Waals surface area contributed by atoms with Gasteiger partial charge >= 0.3 is 5.97 Å². The number of benzene rings is 2. The van der Waals surface area contributed by atoms with Crippen LogP contribution in [0.4, 0.5) is 5.69 Å². The molecule has 4 heteroatoms. The molecule has 0 amide bonds. The molecule has 2 aromatic carbocycles. The number of carbonyl (C=O) groups is 2. The number of nitrogen functional groups attached to an aromatic ring is 1. The van der Waals surface area contributed by atoms with Crippen molar-refractivity contribution in [3.63, 3.8) is 0 Å². The number of carboxylic acids is 1. The summed E-state index contributed by atoms with van der Waals surface area (Å²) < 4.78 is 0. The van der Waals surface area contributed by atoms with Crippen LogP contribution in [0.1, 0.15) is 26.3 Å². The van der Waals surface area contributed by atoms with Gasteiger partial charge in [-0.1, -0.05) is 30.3 Å². The first-order valence-electron chi connectivity index (χ1n) is 5.98. The molecule has 0 atom stereocenters. The Morgan fingerprint density at radius 2 is 1.80 bits per heavy atom. The minimum atomic E-state index is -1.00. The predicted octanol–water partition coefficient (Wildman–Crippen LogP) is 2.86. The second-order valence-electron chi connectivity index (χ2n) is 4.22. The van der Waals surface area contributed by atoms with Crippen LogP contribution in [0.25, 0.3) is 6.08 Å². The van der Waals surface area contributed by atoms with Crippen LogP contribution in [0.3, 0.4) is 0 Å². The van der Waals surface area contributed by atoms with Crippen LogP contribution < -0.4 is 5.73 Å². The van der Waals surface area contributed by atoms with Crippen molar-refractivity contribution in [1.82, 2.24) is 0 Å². The third-order valence-electron chi connectivity index (χ3n) is 2.79. The summed E-state index contributed by atoms with van der Waals surface area (Å²) in [5.41, 5.74) is 7.39. The van der Waals surface area contributed by atoms with E-state index in [4.69, 9.17) is 10.8 Å². The molecule has 0 aromatic heterocycles. The molecular weight excluding hydrogens is 254 g/mol. The average molecular weight is 267 g/mol. The zero-order chi connectivity index (χ0) is 14.5. The van der Waals surface area contributed by atoms with Crippen molar-refractivity contribution in [2.45, 2.75) is 0 Å². The van der Waals surface area contributed by atoms with Crippen LogP contribution in [0.15, 0.2) is 54.6 Å². The monoisotopic (exact) mass is 267 g/mol. The van der Waals surface area contributed by atoms with Gasteiger partial charge in [-0.2, -0.15) is 0 Å². The van der Waals surface area contributed by atoms with Crippen LogP contribution in [0, 0.1) is 0 Å². The summed E-state index contributed by atoms with van der Waals surface area (Å²) >= 11 is 0. The predicted molar refractivity (Wildman–Crippen MR) is 77.6 cm³/mol. The Morgan fingerprint density at radius 3 is 2.50 bits per heavy atom. The molecule has 0 bridgehead atoms. The van der Waals surface area contributed by atoms with Crippen LogP contribution in [0.2, 0.25) is 0 Å². The van der Waals surface area contributed by atoms with Gasteiger partial charge in [0.05, 0.1) is 5.56 Å². The Bertz CT molecular complexity index is 690. The highest BCUT2D eigenvalue weighted by Gasteiger charge is 2.05. The standard InChI is InChI=1S/C16H13NO3/c17-14-7-2-1-6-13(14)15(18)9-8-11-4-3-5-12(10-11)16(19)20/h1-10H,17H2,(H,19,20)/b9-8+. The van der Waals surface area contributed by atoms with E-state index in [0.29, 0.717) is 16.8 Å². The van der Waals surface area contributed by atoms with Gasteiger partial charge in [-0.3, -0.25) is 4.79 Å². The van der Waals surface area contributed by atoms with Gasteiger partial charge in [0, 0.05) is 11.3 Å². The Hall–Kier alpha value is -2.88. The molecule has 0 aliphatic rings. The quantitative estimate of drug-likeness (QED) is 0.507. The van der Waals surface area contributed by atoms with Crippen molar-refractivity contribution in [2.24, 2.45) is 0 Å². The van der Waals surface area contributed by atoms with Gasteiger partial charge in [0.1, 0.15) is 0 Å². The zero-order valence-corrected chi connectivity index (χ0v) is 10.6. The molecule has 4 nitrogen and oxygen atoms in total. The van der Waals surface area contributed by atoms with Crippen molar-refractivity contribution >= 4 is 23.5 Å². The Morgan fingerprint density at radius 1 is 1.05 bits per heavy atom. The summed E-state index contributed by atoms with van der Waals surface area (Å²) in [6.45, 7) is 0. The number of rotatable bonds is 4. The number of carboxylic acid groups (broad SMARTS) is 1. The lowest BCUT2D eigenvalue weighted by Crippen LogP contribution is -2.00. The van der Waals surface area contributed by atoms with E-state index < -0.39 is 5.97 Å². The molecule has 0 aliphatic carbocycles. The molecular formula is C16H13NO3. The lowest BCUT2D eigenvalue weighted by atomic mass is 10.1. The van der Waals surface area contributed by atoms with Gasteiger partial charge < -0.3 is 10.8 Å². The summed E-state index contributed by atoms with van der Waals surface area (Å²) in [4.78, 5) is 22.8. The number of nitrogens with two attached hydrogens (primary N) is 1. The Balaban J connectivity index is 2.21. The first kappa shape index (κ1) is 13.5. The van der Waals surface area contributed by atoms with Gasteiger partial charge in [-0.15, -0.1) is 0 Å². The minimum Gasteiger partial charge on any atom is -0.478 e. The van der Waals surface area contributed by atoms with Gasteiger partial charge in [0.15, 0.2) is 5.78 Å². The maximum atomic E-state index is 12.0. The highest BCUT2D eigenvalue weighted by atomic mass is 16.4. The average Bonchev–Trinajstić information content (AvgIpc) is 2.45. The molecule has 2 rings (SSSR count). The molecule has 20 heavy (non-hydrogen) atoms. The molecule has 0 heterocycles. The lowest BCUT2D eigenvalue weighted by Gasteiger charge is -2.00. The second-order valence-corrected chi connectivity index (χ2v) is 4.22. The largest absolute Gasteiger partial charge is 0.478 e. The second kappa shape index (κ2) is 5.84. The van der Waals surface area contributed by atoms with E-state index in [1.54, 1.807) is 42.5 Å². The number of carbonyl (C=O) groups excluding carboxylic acids is 1. The van der Waals surface area contributed by atoms with Crippen molar-refractivity contribution in [1.29, 1.82) is 0 Å². The maximum absolute atomic E-state index is 12.0. The highest BCUT2D eigenvalue weighted by Crippen LogP contribution is 2.13. The summed E-state index contributed by atoms with van der Waals surface area (Å²) in [5.74, 6) is -1.22. The zero-order valence-electron chi connectivity index (χ0n) is 10.6. The van der Waals surface area contributed by atoms with Crippen molar-refractivity contribution < 1.29 is 14.7 Å². The molecule has 0 unspecified atom stereocenters. The molecule has 3 N–H and O–H groups in total. The minimum absolute atomic E-state index is 0.179. The van der Waals surface area contributed by atoms with Crippen LogP contribution in [0.5, 0.6) is 0 Å². The molecule has 0 fully saturated rings. The maximum Gasteiger partial charge on any atom is 0.335 e. The van der Waals surface area contributed by atoms with Crippen LogP contribution >= 0.6 is 0 Å². The highest BCUT2D eigenvalue weighted by molar-refractivity contribution is 6.10. The lowest BCUT2D eigenvalue weighted by molar-refractivity contribution is 0.0696. The topological polar surface area (TPSA) is 80.4 Å². The summed E-state index contributed by atoms with van der Waals surface area (Å²) in [6.07, 6.45) is 2.95.